The predicted octanol–water partition coefficient (Wildman–Crippen LogP) is 3.04. The second-order valence-electron chi connectivity index (χ2n) is 4.29. The van der Waals surface area contributed by atoms with Gasteiger partial charge in [0, 0.05) is 12.0 Å². The Balaban J connectivity index is 2.39. The second-order valence-corrected chi connectivity index (χ2v) is 4.29. The van der Waals surface area contributed by atoms with Gasteiger partial charge in [-0.05, 0) is 11.5 Å². The van der Waals surface area contributed by atoms with Crippen molar-refractivity contribution < 1.29 is 4.52 Å². The summed E-state index contributed by atoms with van der Waals surface area (Å²) in [6, 6.07) is 12.1. The Labute approximate surface area is 95.3 Å². The summed E-state index contributed by atoms with van der Waals surface area (Å²) in [5.74, 6) is 1.93. The fourth-order valence-corrected chi connectivity index (χ4v) is 1.99. The summed E-state index contributed by atoms with van der Waals surface area (Å²) in [6.45, 7) is 4.33. The largest absolute Gasteiger partial charge is 0.381 e. The van der Waals surface area contributed by atoms with Crippen LogP contribution in [-0.4, -0.2) is 5.16 Å². The molecule has 3 heteroatoms. The van der Waals surface area contributed by atoms with E-state index >= 15 is 0 Å². The number of hydrogen-bond acceptors (Lipinski definition) is 3. The number of benzene rings is 1. The summed E-state index contributed by atoms with van der Waals surface area (Å²) in [5.41, 5.74) is 6.82. The molecule has 0 spiro atoms. The summed E-state index contributed by atoms with van der Waals surface area (Å²) >= 11 is 0. The Kier molecular flexibility index (Phi) is 2.95. The van der Waals surface area contributed by atoms with E-state index in [1.165, 1.54) is 5.56 Å². The van der Waals surface area contributed by atoms with Gasteiger partial charge in [-0.2, -0.15) is 0 Å². The first-order chi connectivity index (χ1) is 7.68. The van der Waals surface area contributed by atoms with E-state index in [1.54, 1.807) is 6.07 Å². The van der Waals surface area contributed by atoms with Crippen molar-refractivity contribution in [1.82, 2.24) is 5.16 Å². The molecule has 1 aromatic carbocycles. The first-order valence-corrected chi connectivity index (χ1v) is 5.45. The normalized spacial score (nSPS) is 12.9. The lowest BCUT2D eigenvalue weighted by Crippen LogP contribution is -2.07. The molecule has 0 aliphatic carbocycles. The minimum absolute atomic E-state index is 0.214. The Bertz CT molecular complexity index is 448. The van der Waals surface area contributed by atoms with Crippen LogP contribution in [0.2, 0.25) is 0 Å². The van der Waals surface area contributed by atoms with Crippen LogP contribution in [0.15, 0.2) is 40.9 Å². The van der Waals surface area contributed by atoms with Crippen molar-refractivity contribution >= 4 is 5.82 Å². The van der Waals surface area contributed by atoms with E-state index in [0.29, 0.717) is 11.7 Å². The maximum atomic E-state index is 5.59. The van der Waals surface area contributed by atoms with Gasteiger partial charge in [0.1, 0.15) is 5.76 Å². The van der Waals surface area contributed by atoms with Gasteiger partial charge in [-0.3, -0.25) is 0 Å². The van der Waals surface area contributed by atoms with Gasteiger partial charge >= 0.3 is 0 Å². The third-order valence-electron chi connectivity index (χ3n) is 2.68. The monoisotopic (exact) mass is 216 g/mol. The first-order valence-electron chi connectivity index (χ1n) is 5.45. The van der Waals surface area contributed by atoms with Crippen LogP contribution in [0.1, 0.15) is 31.1 Å². The molecule has 16 heavy (non-hydrogen) atoms. The summed E-state index contributed by atoms with van der Waals surface area (Å²) in [4.78, 5) is 0. The highest BCUT2D eigenvalue weighted by atomic mass is 16.5. The maximum Gasteiger partial charge on any atom is 0.167 e. The Morgan fingerprint density at radius 2 is 1.88 bits per heavy atom. The zero-order valence-electron chi connectivity index (χ0n) is 9.55. The summed E-state index contributed by atoms with van der Waals surface area (Å²) in [5, 5.41) is 3.75. The number of anilines is 1. The molecule has 0 amide bonds. The maximum absolute atomic E-state index is 5.59. The van der Waals surface area contributed by atoms with Crippen molar-refractivity contribution in [3.05, 3.63) is 47.7 Å². The number of rotatable bonds is 3. The van der Waals surface area contributed by atoms with Crippen molar-refractivity contribution in [2.45, 2.75) is 19.8 Å². The smallest absolute Gasteiger partial charge is 0.167 e. The molecule has 1 atom stereocenters. The average molecular weight is 216 g/mol. The lowest BCUT2D eigenvalue weighted by Gasteiger charge is -2.17. The number of nitrogens with two attached hydrogens (primary N) is 1. The molecule has 0 aliphatic rings. The molecule has 0 fully saturated rings. The average Bonchev–Trinajstić information content (AvgIpc) is 2.66. The molecule has 1 aromatic heterocycles. The molecular weight excluding hydrogens is 200 g/mol. The molecule has 3 nitrogen and oxygen atoms in total. The van der Waals surface area contributed by atoms with Crippen LogP contribution in [0, 0.1) is 5.92 Å². The zero-order valence-corrected chi connectivity index (χ0v) is 9.55. The number of nitrogen functional groups attached to an aromatic ring is 1. The SMILES string of the molecule is CC(C)C(c1ccccc1)c1cc(N)no1. The van der Waals surface area contributed by atoms with Gasteiger partial charge in [0.05, 0.1) is 0 Å². The van der Waals surface area contributed by atoms with Gasteiger partial charge in [0.15, 0.2) is 5.82 Å². The molecule has 0 bridgehead atoms. The summed E-state index contributed by atoms with van der Waals surface area (Å²) in [7, 11) is 0. The molecular formula is C13H16N2O. The van der Waals surface area contributed by atoms with E-state index in [-0.39, 0.29) is 5.92 Å². The van der Waals surface area contributed by atoms with Gasteiger partial charge in [0.2, 0.25) is 0 Å². The predicted molar refractivity (Wildman–Crippen MR) is 64.0 cm³/mol. The fraction of sp³-hybridized carbons (Fsp3) is 0.308. The van der Waals surface area contributed by atoms with E-state index in [0.717, 1.165) is 5.76 Å². The third-order valence-corrected chi connectivity index (χ3v) is 2.68. The second kappa shape index (κ2) is 4.39. The molecule has 2 aromatic rings. The standard InChI is InChI=1S/C13H16N2O/c1-9(2)13(10-6-4-3-5-7-10)11-8-12(14)15-16-11/h3-9,13H,1-2H3,(H2,14,15). The Hall–Kier alpha value is -1.77. The quantitative estimate of drug-likeness (QED) is 0.857. The number of nitrogens with zero attached hydrogens (tertiary/aromatic N) is 1. The third kappa shape index (κ3) is 2.08. The van der Waals surface area contributed by atoms with Crippen LogP contribution in [0.25, 0.3) is 0 Å². The highest BCUT2D eigenvalue weighted by molar-refractivity contribution is 5.34. The van der Waals surface area contributed by atoms with E-state index in [4.69, 9.17) is 10.3 Å². The number of hydrogen-bond donors (Lipinski definition) is 1. The Morgan fingerprint density at radius 3 is 2.38 bits per heavy atom. The fourth-order valence-electron chi connectivity index (χ4n) is 1.99. The van der Waals surface area contributed by atoms with Crippen LogP contribution in [-0.2, 0) is 0 Å². The first kappa shape index (κ1) is 10.7. The molecule has 0 radical (unpaired) electrons. The van der Waals surface area contributed by atoms with Crippen molar-refractivity contribution in [3.8, 4) is 0 Å². The zero-order chi connectivity index (χ0) is 11.5. The highest BCUT2D eigenvalue weighted by Gasteiger charge is 2.22. The van der Waals surface area contributed by atoms with E-state index < -0.39 is 0 Å². The molecule has 84 valence electrons. The van der Waals surface area contributed by atoms with Crippen molar-refractivity contribution in [2.24, 2.45) is 5.92 Å². The Morgan fingerprint density at radius 1 is 1.19 bits per heavy atom. The van der Waals surface area contributed by atoms with Gasteiger partial charge in [-0.1, -0.05) is 49.3 Å². The molecule has 0 aliphatic heterocycles. The number of aromatic nitrogens is 1. The van der Waals surface area contributed by atoms with Crippen LogP contribution in [0.5, 0.6) is 0 Å². The van der Waals surface area contributed by atoms with E-state index in [9.17, 15) is 0 Å². The molecule has 1 heterocycles. The van der Waals surface area contributed by atoms with Crippen LogP contribution < -0.4 is 5.73 Å². The van der Waals surface area contributed by atoms with Gasteiger partial charge < -0.3 is 10.3 Å². The minimum atomic E-state index is 0.214. The summed E-state index contributed by atoms with van der Waals surface area (Å²) < 4.78 is 5.27. The topological polar surface area (TPSA) is 52.0 Å². The summed E-state index contributed by atoms with van der Waals surface area (Å²) in [6.07, 6.45) is 0. The lowest BCUT2D eigenvalue weighted by atomic mass is 9.86. The van der Waals surface area contributed by atoms with E-state index in [2.05, 4.69) is 31.1 Å². The van der Waals surface area contributed by atoms with Crippen molar-refractivity contribution in [1.29, 1.82) is 0 Å². The van der Waals surface area contributed by atoms with Gasteiger partial charge in [-0.15, -0.1) is 0 Å². The lowest BCUT2D eigenvalue weighted by molar-refractivity contribution is 0.350. The minimum Gasteiger partial charge on any atom is -0.381 e. The van der Waals surface area contributed by atoms with Gasteiger partial charge in [0.25, 0.3) is 0 Å². The van der Waals surface area contributed by atoms with Crippen LogP contribution in [0.4, 0.5) is 5.82 Å². The molecule has 0 saturated heterocycles. The van der Waals surface area contributed by atoms with Gasteiger partial charge in [-0.25, -0.2) is 0 Å². The van der Waals surface area contributed by atoms with Crippen molar-refractivity contribution in [3.63, 3.8) is 0 Å². The molecule has 2 rings (SSSR count). The van der Waals surface area contributed by atoms with Crippen LogP contribution >= 0.6 is 0 Å². The molecule has 2 N–H and O–H groups in total. The molecule has 1 unspecified atom stereocenters. The van der Waals surface area contributed by atoms with Crippen LogP contribution in [0.3, 0.4) is 0 Å². The van der Waals surface area contributed by atoms with Crippen molar-refractivity contribution in [2.75, 3.05) is 5.73 Å². The highest BCUT2D eigenvalue weighted by Crippen LogP contribution is 2.32. The molecule has 0 saturated carbocycles. The van der Waals surface area contributed by atoms with E-state index in [1.807, 2.05) is 18.2 Å².